The Balaban J connectivity index is 1.20. The first kappa shape index (κ1) is 21.3. The standard InChI is InChI=1S/C22H24F3N3O3/c23-22(24,25)16-4-1-5-17(14-16)28-12-10-27(11-13-28)9-3-8-26-21(29)18-6-2-7-19-20(18)31-15-30-19/h1-2,4-7,14H,3,8-13,15H2,(H,26,29). The van der Waals surface area contributed by atoms with Crippen LogP contribution >= 0.6 is 0 Å². The zero-order valence-corrected chi connectivity index (χ0v) is 17.0. The second-order valence-corrected chi connectivity index (χ2v) is 7.53. The summed E-state index contributed by atoms with van der Waals surface area (Å²) in [6.45, 7) is 4.32. The largest absolute Gasteiger partial charge is 0.454 e. The molecule has 2 aliphatic heterocycles. The number of para-hydroxylation sites is 1. The highest BCUT2D eigenvalue weighted by Crippen LogP contribution is 2.35. The van der Waals surface area contributed by atoms with Crippen molar-refractivity contribution in [2.45, 2.75) is 12.6 Å². The van der Waals surface area contributed by atoms with Crippen molar-refractivity contribution in [3.05, 3.63) is 53.6 Å². The monoisotopic (exact) mass is 435 g/mol. The molecule has 0 unspecified atom stereocenters. The van der Waals surface area contributed by atoms with E-state index < -0.39 is 11.7 Å². The van der Waals surface area contributed by atoms with Crippen LogP contribution in [0.3, 0.4) is 0 Å². The van der Waals surface area contributed by atoms with Gasteiger partial charge < -0.3 is 19.7 Å². The van der Waals surface area contributed by atoms with Gasteiger partial charge in [-0.3, -0.25) is 9.69 Å². The number of rotatable bonds is 6. The Hall–Kier alpha value is -2.94. The molecule has 166 valence electrons. The number of anilines is 1. The minimum Gasteiger partial charge on any atom is -0.454 e. The highest BCUT2D eigenvalue weighted by Gasteiger charge is 2.31. The van der Waals surface area contributed by atoms with Crippen molar-refractivity contribution in [1.82, 2.24) is 10.2 Å². The molecule has 31 heavy (non-hydrogen) atoms. The predicted octanol–water partition coefficient (Wildman–Crippen LogP) is 3.38. The van der Waals surface area contributed by atoms with E-state index >= 15 is 0 Å². The molecular weight excluding hydrogens is 411 g/mol. The summed E-state index contributed by atoms with van der Waals surface area (Å²) in [6.07, 6.45) is -3.55. The van der Waals surface area contributed by atoms with E-state index in [2.05, 4.69) is 10.2 Å². The van der Waals surface area contributed by atoms with Gasteiger partial charge in [0.15, 0.2) is 11.5 Å². The SMILES string of the molecule is O=C(NCCCN1CCN(c2cccc(C(F)(F)F)c2)CC1)c1cccc2c1OCO2. The quantitative estimate of drug-likeness (QED) is 0.706. The number of ether oxygens (including phenoxy) is 2. The van der Waals surface area contributed by atoms with Crippen LogP contribution in [0.4, 0.5) is 18.9 Å². The van der Waals surface area contributed by atoms with Crippen LogP contribution in [0.2, 0.25) is 0 Å². The Labute approximate surface area is 178 Å². The molecule has 6 nitrogen and oxygen atoms in total. The van der Waals surface area contributed by atoms with Crippen LogP contribution in [-0.4, -0.2) is 56.9 Å². The van der Waals surface area contributed by atoms with E-state index in [4.69, 9.17) is 9.47 Å². The third-order valence-corrected chi connectivity index (χ3v) is 5.49. The maximum atomic E-state index is 12.9. The van der Waals surface area contributed by atoms with Crippen LogP contribution in [0, 0.1) is 0 Å². The fourth-order valence-electron chi connectivity index (χ4n) is 3.82. The van der Waals surface area contributed by atoms with E-state index in [-0.39, 0.29) is 12.7 Å². The van der Waals surface area contributed by atoms with Crippen LogP contribution in [-0.2, 0) is 6.18 Å². The Bertz CT molecular complexity index is 928. The summed E-state index contributed by atoms with van der Waals surface area (Å²) in [5, 5.41) is 2.91. The summed E-state index contributed by atoms with van der Waals surface area (Å²) in [7, 11) is 0. The lowest BCUT2D eigenvalue weighted by Crippen LogP contribution is -2.47. The molecule has 1 amide bonds. The molecular formula is C22H24F3N3O3. The van der Waals surface area contributed by atoms with Gasteiger partial charge in [0, 0.05) is 38.4 Å². The molecule has 0 aliphatic carbocycles. The number of hydrogen-bond donors (Lipinski definition) is 1. The second-order valence-electron chi connectivity index (χ2n) is 7.53. The van der Waals surface area contributed by atoms with Gasteiger partial charge in [-0.25, -0.2) is 0 Å². The van der Waals surface area contributed by atoms with Crippen molar-refractivity contribution in [2.75, 3.05) is 51.0 Å². The summed E-state index contributed by atoms with van der Waals surface area (Å²) < 4.78 is 49.4. The number of alkyl halides is 3. The highest BCUT2D eigenvalue weighted by atomic mass is 19.4. The number of nitrogens with one attached hydrogen (secondary N) is 1. The van der Waals surface area contributed by atoms with Gasteiger partial charge in [-0.2, -0.15) is 13.2 Å². The van der Waals surface area contributed by atoms with Crippen molar-refractivity contribution in [1.29, 1.82) is 0 Å². The number of hydrogen-bond acceptors (Lipinski definition) is 5. The highest BCUT2D eigenvalue weighted by molar-refractivity contribution is 5.97. The molecule has 9 heteroatoms. The van der Waals surface area contributed by atoms with Crippen molar-refractivity contribution in [2.24, 2.45) is 0 Å². The number of carbonyl (C=O) groups is 1. The molecule has 1 N–H and O–H groups in total. The van der Waals surface area contributed by atoms with Gasteiger partial charge in [0.25, 0.3) is 5.91 Å². The lowest BCUT2D eigenvalue weighted by molar-refractivity contribution is -0.137. The molecule has 0 spiro atoms. The molecule has 4 rings (SSSR count). The van der Waals surface area contributed by atoms with Gasteiger partial charge in [0.05, 0.1) is 11.1 Å². The number of benzene rings is 2. The summed E-state index contributed by atoms with van der Waals surface area (Å²) in [5.41, 5.74) is 0.442. The maximum absolute atomic E-state index is 12.9. The van der Waals surface area contributed by atoms with Crippen molar-refractivity contribution < 1.29 is 27.4 Å². The topological polar surface area (TPSA) is 54.0 Å². The normalized spacial score (nSPS) is 16.4. The van der Waals surface area contributed by atoms with Crippen LogP contribution < -0.4 is 19.7 Å². The lowest BCUT2D eigenvalue weighted by Gasteiger charge is -2.36. The van der Waals surface area contributed by atoms with E-state index in [0.717, 1.165) is 32.1 Å². The lowest BCUT2D eigenvalue weighted by atomic mass is 10.1. The Kier molecular flexibility index (Phi) is 6.22. The van der Waals surface area contributed by atoms with E-state index in [1.165, 1.54) is 12.1 Å². The Morgan fingerprint density at radius 1 is 1.03 bits per heavy atom. The van der Waals surface area contributed by atoms with Crippen LogP contribution in [0.1, 0.15) is 22.3 Å². The van der Waals surface area contributed by atoms with Crippen molar-refractivity contribution >= 4 is 11.6 Å². The van der Waals surface area contributed by atoms with Crippen LogP contribution in [0.25, 0.3) is 0 Å². The van der Waals surface area contributed by atoms with Gasteiger partial charge in [-0.05, 0) is 43.3 Å². The smallest absolute Gasteiger partial charge is 0.416 e. The molecule has 0 aromatic heterocycles. The van der Waals surface area contributed by atoms with Gasteiger partial charge in [-0.15, -0.1) is 0 Å². The Morgan fingerprint density at radius 2 is 1.81 bits per heavy atom. The molecule has 1 saturated heterocycles. The zero-order valence-electron chi connectivity index (χ0n) is 17.0. The average molecular weight is 435 g/mol. The third-order valence-electron chi connectivity index (χ3n) is 5.49. The third kappa shape index (κ3) is 5.04. The first-order valence-electron chi connectivity index (χ1n) is 10.2. The van der Waals surface area contributed by atoms with Crippen LogP contribution in [0.5, 0.6) is 11.5 Å². The molecule has 2 aliphatic rings. The minimum atomic E-state index is -4.33. The summed E-state index contributed by atoms with van der Waals surface area (Å²) in [5.74, 6) is 0.855. The number of fused-ring (bicyclic) bond motifs is 1. The summed E-state index contributed by atoms with van der Waals surface area (Å²) in [4.78, 5) is 16.6. The number of piperazine rings is 1. The predicted molar refractivity (Wildman–Crippen MR) is 110 cm³/mol. The molecule has 0 atom stereocenters. The second kappa shape index (κ2) is 9.05. The minimum absolute atomic E-state index is 0.117. The molecule has 1 fully saturated rings. The van der Waals surface area contributed by atoms with E-state index in [1.54, 1.807) is 24.3 Å². The summed E-state index contributed by atoms with van der Waals surface area (Å²) in [6, 6.07) is 10.7. The van der Waals surface area contributed by atoms with E-state index in [0.29, 0.717) is 42.4 Å². The van der Waals surface area contributed by atoms with E-state index in [9.17, 15) is 18.0 Å². The number of halogens is 3. The number of nitrogens with zero attached hydrogens (tertiary/aromatic N) is 2. The molecule has 0 saturated carbocycles. The number of carbonyl (C=O) groups excluding carboxylic acids is 1. The van der Waals surface area contributed by atoms with Gasteiger partial charge in [-0.1, -0.05) is 12.1 Å². The van der Waals surface area contributed by atoms with Crippen molar-refractivity contribution in [3.8, 4) is 11.5 Å². The number of amides is 1. The molecule has 2 aromatic rings. The Morgan fingerprint density at radius 3 is 2.58 bits per heavy atom. The van der Waals surface area contributed by atoms with Crippen molar-refractivity contribution in [3.63, 3.8) is 0 Å². The van der Waals surface area contributed by atoms with Gasteiger partial charge in [0.1, 0.15) is 0 Å². The molecule has 0 radical (unpaired) electrons. The fourth-order valence-corrected chi connectivity index (χ4v) is 3.82. The first-order chi connectivity index (χ1) is 14.9. The molecule has 0 bridgehead atoms. The molecule has 2 aromatic carbocycles. The maximum Gasteiger partial charge on any atom is 0.416 e. The van der Waals surface area contributed by atoms with E-state index in [1.807, 2.05) is 4.90 Å². The van der Waals surface area contributed by atoms with Gasteiger partial charge >= 0.3 is 6.18 Å². The molecule has 2 heterocycles. The van der Waals surface area contributed by atoms with Gasteiger partial charge in [0.2, 0.25) is 6.79 Å². The first-order valence-corrected chi connectivity index (χ1v) is 10.2. The average Bonchev–Trinajstić information content (AvgIpc) is 3.25. The summed E-state index contributed by atoms with van der Waals surface area (Å²) >= 11 is 0. The zero-order chi connectivity index (χ0) is 21.8. The fraction of sp³-hybridized carbons (Fsp3) is 0.409. The van der Waals surface area contributed by atoms with Crippen LogP contribution in [0.15, 0.2) is 42.5 Å².